The molecular formula is C27H33N5O3. The van der Waals surface area contributed by atoms with Crippen molar-refractivity contribution in [3.8, 4) is 5.75 Å². The molecule has 1 aromatic heterocycles. The number of hydrazine groups is 1. The van der Waals surface area contributed by atoms with Crippen LogP contribution in [0, 0.1) is 13.8 Å². The topological polar surface area (TPSA) is 118 Å². The van der Waals surface area contributed by atoms with Gasteiger partial charge in [0.05, 0.1) is 24.0 Å². The maximum Gasteiger partial charge on any atom is 0.304 e. The van der Waals surface area contributed by atoms with Gasteiger partial charge in [0, 0.05) is 44.4 Å². The number of nitrogens with two attached hydrogens (primary N) is 2. The highest BCUT2D eigenvalue weighted by Gasteiger charge is 2.23. The zero-order chi connectivity index (χ0) is 25.1. The molecule has 0 amide bonds. The van der Waals surface area contributed by atoms with Gasteiger partial charge in [-0.05, 0) is 53.8 Å². The summed E-state index contributed by atoms with van der Waals surface area (Å²) in [4.78, 5) is 18.4. The molecular weight excluding hydrogens is 442 g/mol. The number of nitrogens with zero attached hydrogens (tertiary/aromatic N) is 3. The minimum absolute atomic E-state index is 0.0292. The molecule has 8 heteroatoms. The second-order valence-corrected chi connectivity index (χ2v) is 9.20. The first-order chi connectivity index (χ1) is 16.7. The number of pyridine rings is 1. The van der Waals surface area contributed by atoms with E-state index in [1.54, 1.807) is 19.4 Å². The fourth-order valence-electron chi connectivity index (χ4n) is 4.73. The molecule has 2 heterocycles. The summed E-state index contributed by atoms with van der Waals surface area (Å²) in [6, 6.07) is 12.0. The molecule has 1 unspecified atom stereocenters. The molecule has 0 spiro atoms. The van der Waals surface area contributed by atoms with E-state index in [0.717, 1.165) is 47.6 Å². The van der Waals surface area contributed by atoms with Crippen molar-refractivity contribution in [1.82, 2.24) is 9.88 Å². The Morgan fingerprint density at radius 3 is 2.80 bits per heavy atom. The van der Waals surface area contributed by atoms with Gasteiger partial charge in [-0.2, -0.15) is 0 Å². The molecule has 0 bridgehead atoms. The molecule has 0 aliphatic carbocycles. The van der Waals surface area contributed by atoms with E-state index in [2.05, 4.69) is 28.9 Å². The molecule has 3 aromatic rings. The number of hydrogen-bond donors (Lipinski definition) is 3. The van der Waals surface area contributed by atoms with Gasteiger partial charge in [0.1, 0.15) is 12.4 Å². The number of fused-ring (bicyclic) bond motifs is 1. The van der Waals surface area contributed by atoms with E-state index in [1.165, 1.54) is 16.1 Å². The number of aliphatic carboxylic acids is 1. The molecule has 2 aromatic carbocycles. The maximum atomic E-state index is 11.9. The largest absolute Gasteiger partial charge is 0.490 e. The Kier molecular flexibility index (Phi) is 7.23. The average Bonchev–Trinajstić information content (AvgIpc) is 3.02. The smallest absolute Gasteiger partial charge is 0.304 e. The van der Waals surface area contributed by atoms with Crippen LogP contribution in [0.15, 0.2) is 48.8 Å². The molecule has 4 rings (SSSR count). The van der Waals surface area contributed by atoms with E-state index >= 15 is 0 Å². The van der Waals surface area contributed by atoms with E-state index in [0.29, 0.717) is 18.0 Å². The van der Waals surface area contributed by atoms with Crippen LogP contribution in [0.4, 0.5) is 11.4 Å². The van der Waals surface area contributed by atoms with Gasteiger partial charge in [0.2, 0.25) is 0 Å². The lowest BCUT2D eigenvalue weighted by molar-refractivity contribution is -0.137. The van der Waals surface area contributed by atoms with Crippen molar-refractivity contribution >= 4 is 17.3 Å². The van der Waals surface area contributed by atoms with Crippen molar-refractivity contribution < 1.29 is 14.6 Å². The summed E-state index contributed by atoms with van der Waals surface area (Å²) in [5, 5.41) is 11.2. The summed E-state index contributed by atoms with van der Waals surface area (Å²) in [6.07, 6.45) is 3.53. The summed E-state index contributed by atoms with van der Waals surface area (Å²) in [5.41, 5.74) is 13.8. The number of anilines is 2. The van der Waals surface area contributed by atoms with Crippen molar-refractivity contribution in [3.63, 3.8) is 0 Å². The van der Waals surface area contributed by atoms with Gasteiger partial charge in [-0.3, -0.25) is 14.7 Å². The Hall–Kier alpha value is -3.62. The van der Waals surface area contributed by atoms with Crippen LogP contribution in [0.2, 0.25) is 0 Å². The number of hydrogen-bond acceptors (Lipinski definition) is 7. The van der Waals surface area contributed by atoms with E-state index in [1.807, 2.05) is 31.2 Å². The van der Waals surface area contributed by atoms with Gasteiger partial charge >= 0.3 is 5.97 Å². The molecule has 5 N–H and O–H groups in total. The van der Waals surface area contributed by atoms with Crippen LogP contribution in [-0.2, 0) is 17.9 Å². The number of nitrogen functional groups attached to an aromatic ring is 1. The molecule has 35 heavy (non-hydrogen) atoms. The lowest BCUT2D eigenvalue weighted by Gasteiger charge is -2.25. The third kappa shape index (κ3) is 5.39. The summed E-state index contributed by atoms with van der Waals surface area (Å²) in [7, 11) is 1.73. The maximum absolute atomic E-state index is 11.9. The Balaban J connectivity index is 1.67. The van der Waals surface area contributed by atoms with Gasteiger partial charge in [-0.1, -0.05) is 24.3 Å². The van der Waals surface area contributed by atoms with Crippen molar-refractivity contribution in [2.24, 2.45) is 5.84 Å². The summed E-state index contributed by atoms with van der Waals surface area (Å²) in [5.74, 6) is 5.56. The van der Waals surface area contributed by atoms with Crippen molar-refractivity contribution in [2.75, 3.05) is 30.9 Å². The summed E-state index contributed by atoms with van der Waals surface area (Å²) in [6.45, 7) is 6.91. The van der Waals surface area contributed by atoms with Gasteiger partial charge < -0.3 is 20.6 Å². The highest BCUT2D eigenvalue weighted by molar-refractivity contribution is 5.74. The average molecular weight is 476 g/mol. The van der Waals surface area contributed by atoms with E-state index < -0.39 is 5.97 Å². The predicted octanol–water partition coefficient (Wildman–Crippen LogP) is 3.59. The number of carboxylic acids is 1. The second-order valence-electron chi connectivity index (χ2n) is 9.20. The first-order valence-electron chi connectivity index (χ1n) is 11.7. The minimum atomic E-state index is -0.856. The molecule has 0 radical (unpaired) electrons. The summed E-state index contributed by atoms with van der Waals surface area (Å²) < 4.78 is 5.87. The number of ether oxygens (including phenoxy) is 1. The van der Waals surface area contributed by atoms with E-state index in [-0.39, 0.29) is 12.3 Å². The van der Waals surface area contributed by atoms with Gasteiger partial charge in [-0.25, -0.2) is 5.84 Å². The molecule has 0 fully saturated rings. The molecule has 8 nitrogen and oxygen atoms in total. The zero-order valence-electron chi connectivity index (χ0n) is 20.5. The molecule has 1 aliphatic rings. The Bertz CT molecular complexity index is 1230. The number of aromatic nitrogens is 1. The highest BCUT2D eigenvalue weighted by atomic mass is 16.5. The van der Waals surface area contributed by atoms with E-state index in [9.17, 15) is 9.90 Å². The number of rotatable bonds is 7. The van der Waals surface area contributed by atoms with Crippen molar-refractivity contribution in [3.05, 3.63) is 82.2 Å². The monoisotopic (exact) mass is 475 g/mol. The first-order valence-corrected chi connectivity index (χ1v) is 11.7. The lowest BCUT2D eigenvalue weighted by Crippen LogP contribution is -2.26. The fourth-order valence-corrected chi connectivity index (χ4v) is 4.73. The molecule has 0 saturated carbocycles. The number of carboxylic acid groups (broad SMARTS) is 1. The van der Waals surface area contributed by atoms with Gasteiger partial charge in [0.15, 0.2) is 0 Å². The first kappa shape index (κ1) is 24.5. The Morgan fingerprint density at radius 1 is 1.26 bits per heavy atom. The third-order valence-corrected chi connectivity index (χ3v) is 6.77. The predicted molar refractivity (Wildman–Crippen MR) is 137 cm³/mol. The van der Waals surface area contributed by atoms with Crippen LogP contribution in [0.5, 0.6) is 5.75 Å². The number of aryl methyl sites for hydroxylation is 1. The van der Waals surface area contributed by atoms with Gasteiger partial charge in [0.25, 0.3) is 0 Å². The second kappa shape index (κ2) is 10.3. The van der Waals surface area contributed by atoms with Crippen LogP contribution < -0.4 is 21.3 Å². The van der Waals surface area contributed by atoms with Crippen molar-refractivity contribution in [2.45, 2.75) is 39.3 Å². The highest BCUT2D eigenvalue weighted by Crippen LogP contribution is 2.37. The fraction of sp³-hybridized carbons (Fsp3) is 0.333. The molecule has 1 aliphatic heterocycles. The van der Waals surface area contributed by atoms with E-state index in [4.69, 9.17) is 16.3 Å². The molecule has 184 valence electrons. The quantitative estimate of drug-likeness (QED) is 0.270. The third-order valence-electron chi connectivity index (χ3n) is 6.77. The number of benzene rings is 2. The minimum Gasteiger partial charge on any atom is -0.490 e. The van der Waals surface area contributed by atoms with Gasteiger partial charge in [-0.15, -0.1) is 0 Å². The normalized spacial score (nSPS) is 14.5. The number of carbonyl (C=O) groups is 1. The summed E-state index contributed by atoms with van der Waals surface area (Å²) >= 11 is 0. The standard InChI is InChI=1S/C27H33N5O3/c1-17-4-5-19(12-21(17)16-32-10-11-35-25-14-30-9-8-20(25)15-32)23(13-26(33)34)22-6-7-24(31(3)29)27(28)18(22)2/h4-9,12,14,23H,10-11,13,15-16,28-29H2,1-3H3,(H,33,34). The Morgan fingerprint density at radius 2 is 2.06 bits per heavy atom. The van der Waals surface area contributed by atoms with Crippen LogP contribution >= 0.6 is 0 Å². The zero-order valence-corrected chi connectivity index (χ0v) is 20.5. The SMILES string of the molecule is Cc1ccc(C(CC(=O)O)c2ccc(N(C)N)c(N)c2C)cc1CN1CCOc2cnccc2C1. The van der Waals surface area contributed by atoms with Crippen molar-refractivity contribution in [1.29, 1.82) is 0 Å². The van der Waals surface area contributed by atoms with Crippen LogP contribution in [0.1, 0.15) is 45.7 Å². The molecule has 0 saturated heterocycles. The molecule has 1 atom stereocenters. The lowest BCUT2D eigenvalue weighted by atomic mass is 9.84. The van der Waals surface area contributed by atoms with Crippen LogP contribution in [0.3, 0.4) is 0 Å². The van der Waals surface area contributed by atoms with Crippen LogP contribution in [-0.4, -0.2) is 41.2 Å². The van der Waals surface area contributed by atoms with Crippen LogP contribution in [0.25, 0.3) is 0 Å². The Labute approximate surface area is 206 Å².